The van der Waals surface area contributed by atoms with Gasteiger partial charge >= 0.3 is 0 Å². The van der Waals surface area contributed by atoms with Crippen molar-refractivity contribution in [3.8, 4) is 0 Å². The molecular weight excluding hydrogens is 297 g/mol. The predicted octanol–water partition coefficient (Wildman–Crippen LogP) is 3.81. The van der Waals surface area contributed by atoms with E-state index in [0.717, 1.165) is 12.0 Å². The lowest BCUT2D eigenvalue weighted by Crippen LogP contribution is -2.25. The second kappa shape index (κ2) is 6.57. The average molecular weight is 314 g/mol. The predicted molar refractivity (Wildman–Crippen MR) is 80.2 cm³/mol. The molecule has 0 aliphatic rings. The van der Waals surface area contributed by atoms with Crippen LogP contribution in [0.5, 0.6) is 0 Å². The number of aromatic nitrogens is 2. The number of benzene rings is 1. The highest BCUT2D eigenvalue weighted by molar-refractivity contribution is 6.35. The molecule has 6 heteroatoms. The second-order valence-corrected chi connectivity index (χ2v) is 5.67. The molecule has 1 heterocycles. The van der Waals surface area contributed by atoms with E-state index in [0.29, 0.717) is 28.2 Å². The first-order valence-electron chi connectivity index (χ1n) is 6.53. The van der Waals surface area contributed by atoms with Crippen LogP contribution in [0.4, 0.5) is 0 Å². The molecule has 0 fully saturated rings. The fourth-order valence-electron chi connectivity index (χ4n) is 1.90. The van der Waals surface area contributed by atoms with Gasteiger partial charge in [-0.1, -0.05) is 48.3 Å². The minimum Gasteiger partial charge on any atom is -0.339 e. The van der Waals surface area contributed by atoms with Gasteiger partial charge in [0.05, 0.1) is 5.92 Å². The lowest BCUT2D eigenvalue weighted by Gasteiger charge is -2.13. The topological polar surface area (TPSA) is 64.9 Å². The van der Waals surface area contributed by atoms with Gasteiger partial charge in [0.1, 0.15) is 0 Å². The number of rotatable bonds is 5. The fourth-order valence-corrected chi connectivity index (χ4v) is 2.37. The normalized spacial score (nSPS) is 14.2. The van der Waals surface area contributed by atoms with Gasteiger partial charge < -0.3 is 10.3 Å². The van der Waals surface area contributed by atoms with E-state index >= 15 is 0 Å². The molecule has 0 aliphatic carbocycles. The van der Waals surface area contributed by atoms with Crippen molar-refractivity contribution in [2.45, 2.75) is 38.6 Å². The largest absolute Gasteiger partial charge is 0.339 e. The maximum absolute atomic E-state index is 6.13. The molecule has 4 nitrogen and oxygen atoms in total. The van der Waals surface area contributed by atoms with Crippen LogP contribution in [0.2, 0.25) is 10.0 Å². The summed E-state index contributed by atoms with van der Waals surface area (Å²) in [6.07, 6.45) is 1.37. The Morgan fingerprint density at radius 2 is 2.10 bits per heavy atom. The molecule has 0 bridgehead atoms. The quantitative estimate of drug-likeness (QED) is 0.911. The lowest BCUT2D eigenvalue weighted by atomic mass is 10.0. The van der Waals surface area contributed by atoms with Crippen LogP contribution < -0.4 is 5.73 Å². The Morgan fingerprint density at radius 3 is 2.75 bits per heavy atom. The third kappa shape index (κ3) is 3.51. The van der Waals surface area contributed by atoms with Crippen LogP contribution in [0.15, 0.2) is 22.7 Å². The number of hydrogen-bond donors (Lipinski definition) is 1. The Labute approximate surface area is 128 Å². The Kier molecular flexibility index (Phi) is 5.02. The molecule has 2 rings (SSSR count). The molecule has 0 radical (unpaired) electrons. The SMILES string of the molecule is CCC(N)C(C)c1nc(Cc2ccc(Cl)cc2Cl)no1. The maximum atomic E-state index is 6.13. The summed E-state index contributed by atoms with van der Waals surface area (Å²) in [4.78, 5) is 4.39. The Morgan fingerprint density at radius 1 is 1.35 bits per heavy atom. The monoisotopic (exact) mass is 313 g/mol. The van der Waals surface area contributed by atoms with Crippen molar-refractivity contribution >= 4 is 23.2 Å². The van der Waals surface area contributed by atoms with Crippen molar-refractivity contribution in [2.24, 2.45) is 5.73 Å². The highest BCUT2D eigenvalue weighted by atomic mass is 35.5. The van der Waals surface area contributed by atoms with Gasteiger partial charge in [-0.05, 0) is 24.1 Å². The second-order valence-electron chi connectivity index (χ2n) is 4.82. The highest BCUT2D eigenvalue weighted by Crippen LogP contribution is 2.24. The molecule has 0 spiro atoms. The highest BCUT2D eigenvalue weighted by Gasteiger charge is 2.20. The first-order valence-corrected chi connectivity index (χ1v) is 7.28. The van der Waals surface area contributed by atoms with E-state index in [4.69, 9.17) is 33.5 Å². The van der Waals surface area contributed by atoms with Crippen molar-refractivity contribution in [3.05, 3.63) is 45.5 Å². The van der Waals surface area contributed by atoms with Gasteiger partial charge in [0, 0.05) is 22.5 Å². The summed E-state index contributed by atoms with van der Waals surface area (Å²) in [6.45, 7) is 4.02. The van der Waals surface area contributed by atoms with Crippen LogP contribution >= 0.6 is 23.2 Å². The van der Waals surface area contributed by atoms with Crippen molar-refractivity contribution in [1.82, 2.24) is 10.1 Å². The number of nitrogens with zero attached hydrogens (tertiary/aromatic N) is 2. The number of nitrogens with two attached hydrogens (primary N) is 1. The molecule has 0 amide bonds. The van der Waals surface area contributed by atoms with Crippen LogP contribution in [0.3, 0.4) is 0 Å². The van der Waals surface area contributed by atoms with Gasteiger partial charge in [-0.3, -0.25) is 0 Å². The van der Waals surface area contributed by atoms with Crippen molar-refractivity contribution in [1.29, 1.82) is 0 Å². The van der Waals surface area contributed by atoms with E-state index < -0.39 is 0 Å². The molecule has 2 N–H and O–H groups in total. The number of halogens is 2. The first kappa shape index (κ1) is 15.3. The first-order chi connectivity index (χ1) is 9.51. The molecule has 0 saturated heterocycles. The minimum absolute atomic E-state index is 0.0161. The van der Waals surface area contributed by atoms with E-state index in [1.54, 1.807) is 12.1 Å². The van der Waals surface area contributed by atoms with Gasteiger partial charge in [0.25, 0.3) is 0 Å². The molecule has 2 atom stereocenters. The maximum Gasteiger partial charge on any atom is 0.231 e. The van der Waals surface area contributed by atoms with Crippen molar-refractivity contribution in [3.63, 3.8) is 0 Å². The third-order valence-electron chi connectivity index (χ3n) is 3.35. The summed E-state index contributed by atoms with van der Waals surface area (Å²) in [6, 6.07) is 5.37. The van der Waals surface area contributed by atoms with Gasteiger partial charge in [-0.2, -0.15) is 4.98 Å². The fraction of sp³-hybridized carbons (Fsp3) is 0.429. The molecule has 0 saturated carbocycles. The van der Waals surface area contributed by atoms with Gasteiger partial charge in [0.2, 0.25) is 5.89 Å². The van der Waals surface area contributed by atoms with E-state index in [9.17, 15) is 0 Å². The van der Waals surface area contributed by atoms with E-state index in [1.165, 1.54) is 0 Å². The van der Waals surface area contributed by atoms with Gasteiger partial charge in [-0.15, -0.1) is 0 Å². The Balaban J connectivity index is 2.13. The zero-order chi connectivity index (χ0) is 14.7. The van der Waals surface area contributed by atoms with Crippen molar-refractivity contribution < 1.29 is 4.52 Å². The van der Waals surface area contributed by atoms with Gasteiger partial charge in [0.15, 0.2) is 5.82 Å². The van der Waals surface area contributed by atoms with Crippen LogP contribution in [-0.4, -0.2) is 16.2 Å². The van der Waals surface area contributed by atoms with Gasteiger partial charge in [-0.25, -0.2) is 0 Å². The lowest BCUT2D eigenvalue weighted by molar-refractivity contribution is 0.337. The van der Waals surface area contributed by atoms with Crippen LogP contribution in [0.1, 0.15) is 43.5 Å². The summed E-state index contributed by atoms with van der Waals surface area (Å²) in [5, 5.41) is 5.19. The van der Waals surface area contributed by atoms with Crippen LogP contribution in [0, 0.1) is 0 Å². The smallest absolute Gasteiger partial charge is 0.231 e. The zero-order valence-electron chi connectivity index (χ0n) is 11.4. The van der Waals surface area contributed by atoms with E-state index in [-0.39, 0.29) is 12.0 Å². The molecule has 108 valence electrons. The average Bonchev–Trinajstić information content (AvgIpc) is 2.88. The molecule has 2 unspecified atom stereocenters. The van der Waals surface area contributed by atoms with Crippen molar-refractivity contribution in [2.75, 3.05) is 0 Å². The summed E-state index contributed by atoms with van der Waals surface area (Å²) < 4.78 is 5.27. The van der Waals surface area contributed by atoms with E-state index in [2.05, 4.69) is 10.1 Å². The Bertz CT molecular complexity index is 586. The standard InChI is InChI=1S/C14H17Cl2N3O/c1-3-12(17)8(2)14-18-13(19-20-14)6-9-4-5-10(15)7-11(9)16/h4-5,7-8,12H,3,6,17H2,1-2H3. The summed E-state index contributed by atoms with van der Waals surface area (Å²) >= 11 is 12.0. The van der Waals surface area contributed by atoms with E-state index in [1.807, 2.05) is 19.9 Å². The summed E-state index contributed by atoms with van der Waals surface area (Å²) in [7, 11) is 0. The summed E-state index contributed by atoms with van der Waals surface area (Å²) in [5.74, 6) is 1.21. The van der Waals surface area contributed by atoms with Crippen LogP contribution in [0.25, 0.3) is 0 Å². The molecule has 2 aromatic rings. The molecule has 20 heavy (non-hydrogen) atoms. The van der Waals surface area contributed by atoms with Crippen LogP contribution in [-0.2, 0) is 6.42 Å². The molecule has 1 aromatic carbocycles. The third-order valence-corrected chi connectivity index (χ3v) is 3.94. The molecule has 1 aromatic heterocycles. The molecular formula is C14H17Cl2N3O. The molecule has 0 aliphatic heterocycles. The Hall–Kier alpha value is -1.10. The minimum atomic E-state index is 0.0161. The zero-order valence-corrected chi connectivity index (χ0v) is 12.9. The number of hydrogen-bond acceptors (Lipinski definition) is 4. The summed E-state index contributed by atoms with van der Waals surface area (Å²) in [5.41, 5.74) is 6.90.